The third kappa shape index (κ3) is 38.1. The number of aliphatic carboxylic acids is 2. The second-order valence-corrected chi connectivity index (χ2v) is 21.1. The van der Waals surface area contributed by atoms with E-state index in [1.807, 2.05) is 0 Å². The fourth-order valence-electron chi connectivity index (χ4n) is 6.77. The van der Waals surface area contributed by atoms with Crippen LogP contribution in [0.2, 0.25) is 0 Å². The lowest BCUT2D eigenvalue weighted by molar-refractivity contribution is -0.777. The zero-order chi connectivity index (χ0) is 59.8. The van der Waals surface area contributed by atoms with Gasteiger partial charge < -0.3 is 131 Å². The van der Waals surface area contributed by atoms with Gasteiger partial charge in [-0.15, -0.1) is 4.33 Å². The van der Waals surface area contributed by atoms with Crippen LogP contribution in [0.3, 0.4) is 0 Å². The van der Waals surface area contributed by atoms with E-state index in [-0.39, 0.29) is 97.1 Å². The van der Waals surface area contributed by atoms with Gasteiger partial charge in [-0.05, 0) is 12.3 Å². The van der Waals surface area contributed by atoms with Crippen LogP contribution in [0.25, 0.3) is 0 Å². The molecule has 0 aromatic heterocycles. The highest BCUT2D eigenvalue weighted by Gasteiger charge is 2.44. The van der Waals surface area contributed by atoms with Gasteiger partial charge in [0.05, 0.1) is 106 Å². The highest BCUT2D eigenvalue weighted by Crippen LogP contribution is 2.26. The molecule has 15 atom stereocenters. The van der Waals surface area contributed by atoms with Gasteiger partial charge in [0.25, 0.3) is 0 Å². The van der Waals surface area contributed by atoms with Crippen LogP contribution in [-0.2, 0) is 110 Å². The van der Waals surface area contributed by atoms with E-state index in [4.69, 9.17) is 19.7 Å². The van der Waals surface area contributed by atoms with Gasteiger partial charge in [0.15, 0.2) is 12.3 Å². The maximum Gasteiger partial charge on any atom is 0.218 e. The largest absolute Gasteiger partial charge is 0.726 e. The third-order valence-electron chi connectivity index (χ3n) is 10.2. The summed E-state index contributed by atoms with van der Waals surface area (Å²) in [6.07, 6.45) is -14.1. The number of carboxylic acid groups (broad SMARTS) is 2. The van der Waals surface area contributed by atoms with Crippen molar-refractivity contribution in [3.63, 3.8) is 0 Å². The number of hydrogen-bond donors (Lipinski definition) is 9. The fraction of sp³-hybridized carbons (Fsp3) is 0.882. The van der Waals surface area contributed by atoms with Crippen LogP contribution in [0.1, 0.15) is 39.5 Å². The van der Waals surface area contributed by atoms with Crippen molar-refractivity contribution < 1.29 is 188 Å². The van der Waals surface area contributed by atoms with Crippen LogP contribution in [-0.4, -0.2) is 273 Å². The van der Waals surface area contributed by atoms with Crippen LogP contribution in [0.15, 0.2) is 0 Å². The zero-order valence-electron chi connectivity index (χ0n) is 42.3. The maximum atomic E-state index is 10.8. The number of carbonyl (C=O) groups is 4. The molecular formula is C34H64N3O40S5-7. The first kappa shape index (κ1) is 85.4. The van der Waals surface area contributed by atoms with E-state index in [2.05, 4.69) is 55.7 Å². The van der Waals surface area contributed by atoms with Crippen LogP contribution in [0.4, 0.5) is 0 Å². The van der Waals surface area contributed by atoms with E-state index in [0.717, 1.165) is 13.0 Å². The number of hydrogen-bond acceptors (Lipinski definition) is 38. The summed E-state index contributed by atoms with van der Waals surface area (Å²) in [7, 11) is -19.6. The summed E-state index contributed by atoms with van der Waals surface area (Å²) in [5, 5.41) is 97.4. The molecule has 0 bridgehead atoms. The second-order valence-electron chi connectivity index (χ2n) is 16.5. The van der Waals surface area contributed by atoms with Crippen molar-refractivity contribution in [3.8, 4) is 0 Å². The van der Waals surface area contributed by atoms with Gasteiger partial charge in [0, 0.05) is 52.8 Å². The number of aliphatic hydroxyl groups is 6. The van der Waals surface area contributed by atoms with Gasteiger partial charge in [-0.1, -0.05) is 0 Å². The van der Waals surface area contributed by atoms with Gasteiger partial charge in [0.1, 0.15) is 30.5 Å². The third-order valence-corrected chi connectivity index (χ3v) is 12.4. The predicted molar refractivity (Wildman–Crippen MR) is 246 cm³/mol. The Labute approximate surface area is 470 Å². The van der Waals surface area contributed by atoms with Gasteiger partial charge >= 0.3 is 0 Å². The average molecular weight is 1320 g/mol. The van der Waals surface area contributed by atoms with E-state index in [1.54, 1.807) is 0 Å². The monoisotopic (exact) mass is 1310 g/mol. The average Bonchev–Trinajstić information content (AvgIpc) is 3.30. The van der Waals surface area contributed by atoms with Gasteiger partial charge in [-0.3, -0.25) is 35.5 Å². The molecule has 0 aromatic carbocycles. The first-order chi connectivity index (χ1) is 35.9. The van der Waals surface area contributed by atoms with Crippen molar-refractivity contribution in [2.24, 2.45) is 5.92 Å². The van der Waals surface area contributed by atoms with Crippen molar-refractivity contribution in [1.29, 1.82) is 0 Å². The predicted octanol–water partition coefficient (Wildman–Crippen LogP) is -15.9. The Bertz CT molecular complexity index is 2220. The van der Waals surface area contributed by atoms with Crippen molar-refractivity contribution >= 4 is 77.7 Å². The minimum Gasteiger partial charge on any atom is -0.726 e. The number of piperidine rings is 1. The normalized spacial score (nSPS) is 30.0. The van der Waals surface area contributed by atoms with Gasteiger partial charge in [-0.2, -0.15) is 0 Å². The number of carbonyl (C=O) groups excluding carboxylic acids is 4. The molecule has 0 aliphatic carbocycles. The quantitative estimate of drug-likeness (QED) is 0.0145. The Hall–Kier alpha value is -3.05. The summed E-state index contributed by atoms with van der Waals surface area (Å²) >= 11 is -0.144. The van der Waals surface area contributed by atoms with Crippen molar-refractivity contribution in [2.75, 3.05) is 59.3 Å². The Morgan fingerprint density at radius 3 is 1.40 bits per heavy atom. The highest BCUT2D eigenvalue weighted by molar-refractivity contribution is 7.89. The molecule has 17 N–H and O–H groups in total. The number of ether oxygens (including phenoxy) is 4. The lowest BCUT2D eigenvalue weighted by Gasteiger charge is -2.39. The molecule has 5 aliphatic rings. The minimum absolute atomic E-state index is 0. The lowest BCUT2D eigenvalue weighted by Crippen LogP contribution is -2.59. The first-order valence-corrected chi connectivity index (χ1v) is 27.8. The fourth-order valence-corrected chi connectivity index (χ4v) is 8.72. The number of nitrogens with one attached hydrogen (secondary N) is 3. The number of aliphatic hydroxyl groups excluding tert-OH is 6. The van der Waals surface area contributed by atoms with Crippen molar-refractivity contribution in [2.45, 2.75) is 125 Å². The van der Waals surface area contributed by atoms with E-state index in [9.17, 15) is 107 Å². The van der Waals surface area contributed by atoms with Crippen LogP contribution in [0.5, 0.6) is 0 Å². The van der Waals surface area contributed by atoms with E-state index in [1.165, 1.54) is 13.8 Å². The Kier molecular flexibility index (Phi) is 42.8. The van der Waals surface area contributed by atoms with E-state index in [0.29, 0.717) is 6.54 Å². The molecule has 43 nitrogen and oxygen atoms in total. The summed E-state index contributed by atoms with van der Waals surface area (Å²) < 4.78 is 167. The molecule has 9 unspecified atom stereocenters. The van der Waals surface area contributed by atoms with Gasteiger partial charge in [0.2, 0.25) is 53.4 Å². The summed E-state index contributed by atoms with van der Waals surface area (Å²) in [5.74, 6) is -3.64. The first-order valence-electron chi connectivity index (χ1n) is 21.8. The lowest BCUT2D eigenvalue weighted by atomic mass is 9.99. The summed E-state index contributed by atoms with van der Waals surface area (Å²) in [6, 6.07) is -1.07. The molecule has 5 saturated heterocycles. The smallest absolute Gasteiger partial charge is 0.218 e. The summed E-state index contributed by atoms with van der Waals surface area (Å²) in [5.41, 5.74) is 0. The molecule has 5 heterocycles. The number of amides is 2. The highest BCUT2D eigenvalue weighted by atomic mass is 32.3. The Morgan fingerprint density at radius 2 is 1.06 bits per heavy atom. The SMILES string of the molecule is CC(=O)NC1COC(COS(=O)(=O)[O-])C[C@H]1O.CC(=O)NC1COC(COS(=O)(=O)[O-])C[C@H]1O.O.O.O.O.O=C([O-])C1C[C@@H](O)C(OS(=O)(=O)[O-])CO1.O=C([O-])C1OCC(OS(=O)(=O)[O-])[C@H](O)[C@H]1OSOO[O-].OCC1CNC[C@H](O)C1. The molecule has 5 fully saturated rings. The standard InChI is InChI=1S/2C8H15NO7S.C6H13NO2.C6H10O12S2.C6H10O8S.4H2O/c2*1-5(10)9-7-4-15-6(2-8(7)11)3-16-17(12,13)14;8-4-5-1-6(9)3-7-2-5;7-3-2(16-20(11,12)13)1-14-5(6(8)9)4(3)15-19-18-17-10;7-3-1-4(6(8)9)13-2-5(3)14-15(10,11)12;;;;/h2*6-8,11H,2-4H2,1H3,(H,9,10)(H,12,13,14);5-9H,1-4H2;2-5,7,10H,1H2,(H,8,9)(H,11,12,13);3-5,7H,1-2H2,(H,8,9)(H,10,11,12);4*1H2/p-7/t2*6?,7?,8-;5?,6-;2?,3-,4+,5?;3-,4?,5?;;;;/m11101..../s1. The van der Waals surface area contributed by atoms with Crippen LogP contribution < -0.4 is 31.4 Å². The molecular weight excluding hydrogens is 1250 g/mol. The summed E-state index contributed by atoms with van der Waals surface area (Å²) in [4.78, 5) is 42.6. The molecule has 492 valence electrons. The van der Waals surface area contributed by atoms with Crippen LogP contribution in [0, 0.1) is 5.92 Å². The number of carboxylic acids is 2. The molecule has 2 amide bonds. The van der Waals surface area contributed by atoms with E-state index >= 15 is 0 Å². The molecule has 5 aliphatic heterocycles. The van der Waals surface area contributed by atoms with Gasteiger partial charge in [-0.25, -0.2) is 33.7 Å². The van der Waals surface area contributed by atoms with E-state index < -0.39 is 159 Å². The zero-order valence-corrected chi connectivity index (χ0v) is 46.4. The molecule has 0 spiro atoms. The molecule has 0 aromatic rings. The van der Waals surface area contributed by atoms with Crippen molar-refractivity contribution in [3.05, 3.63) is 0 Å². The van der Waals surface area contributed by atoms with Crippen molar-refractivity contribution in [1.82, 2.24) is 16.0 Å². The van der Waals surface area contributed by atoms with Crippen LogP contribution >= 0.6 is 12.3 Å². The second kappa shape index (κ2) is 41.1. The minimum atomic E-state index is -5.16. The maximum absolute atomic E-state index is 10.8. The molecule has 5 rings (SSSR count). The Balaban J connectivity index is -0.000000465. The Morgan fingerprint density at radius 1 is 0.610 bits per heavy atom. The number of β-amino-alcohol motifs (C(OH)–C–C–N with tert-alkyl or cyclic N) is 1. The molecule has 0 radical (unpaired) electrons. The molecule has 48 heteroatoms. The molecule has 82 heavy (non-hydrogen) atoms. The topological polar surface area (TPSA) is 751 Å². The summed E-state index contributed by atoms with van der Waals surface area (Å²) in [6.45, 7) is 2.31. The number of rotatable bonds is 19. The molecule has 0 saturated carbocycles.